The van der Waals surface area contributed by atoms with Crippen molar-refractivity contribution in [3.05, 3.63) is 84.7 Å². The third-order valence-electron chi connectivity index (χ3n) is 7.14. The van der Waals surface area contributed by atoms with E-state index in [0.717, 1.165) is 11.8 Å². The van der Waals surface area contributed by atoms with Crippen LogP contribution in [0.4, 0.5) is 19.3 Å². The minimum atomic E-state index is -2.01. The number of hydrogen-bond acceptors (Lipinski definition) is 7. The molecule has 1 fully saturated rings. The number of ether oxygens (including phenoxy) is 1. The van der Waals surface area contributed by atoms with Gasteiger partial charge in [-0.25, -0.2) is 22.8 Å². The molecule has 0 unspecified atom stereocenters. The van der Waals surface area contributed by atoms with Gasteiger partial charge in [-0.1, -0.05) is 18.2 Å². The monoisotopic (exact) mass is 567 g/mol. The quantitative estimate of drug-likeness (QED) is 0.230. The molecule has 2 aromatic carbocycles. The molecule has 0 radical (unpaired) electrons. The molecule has 5 rings (SSSR count). The second-order valence-corrected chi connectivity index (χ2v) is 9.67. The zero-order valence-electron chi connectivity index (χ0n) is 22.5. The Hall–Kier alpha value is -4.72. The number of amides is 2. The zero-order valence-corrected chi connectivity index (χ0v) is 22.5. The maximum Gasteiger partial charge on any atom is 0.324 e. The van der Waals surface area contributed by atoms with Crippen LogP contribution in [0.15, 0.2) is 67.5 Å². The van der Waals surface area contributed by atoms with Crippen LogP contribution in [0.5, 0.6) is 0 Å². The van der Waals surface area contributed by atoms with E-state index in [2.05, 4.69) is 15.4 Å². The number of anilines is 1. The molecule has 12 nitrogen and oxygen atoms in total. The predicted molar refractivity (Wildman–Crippen MR) is 139 cm³/mol. The summed E-state index contributed by atoms with van der Waals surface area (Å²) in [6.45, 7) is 3.49. The van der Waals surface area contributed by atoms with Gasteiger partial charge in [-0.15, -0.1) is 9.78 Å². The number of aliphatic hydroxyl groups is 1. The van der Waals surface area contributed by atoms with Gasteiger partial charge in [-0.2, -0.15) is 0 Å². The van der Waals surface area contributed by atoms with Crippen LogP contribution in [0.25, 0.3) is 5.69 Å². The molecule has 1 aliphatic heterocycles. The van der Waals surface area contributed by atoms with E-state index >= 15 is 4.39 Å². The Morgan fingerprint density at radius 3 is 2.61 bits per heavy atom. The van der Waals surface area contributed by atoms with Crippen molar-refractivity contribution in [2.75, 3.05) is 18.0 Å². The zero-order chi connectivity index (χ0) is 29.1. The summed E-state index contributed by atoms with van der Waals surface area (Å²) in [5.41, 5.74) is -0.788. The minimum absolute atomic E-state index is 0.0964. The summed E-state index contributed by atoms with van der Waals surface area (Å²) in [4.78, 5) is 28.1. The lowest BCUT2D eigenvalue weighted by molar-refractivity contribution is -0.728. The van der Waals surface area contributed by atoms with Gasteiger partial charge >= 0.3 is 12.0 Å². The summed E-state index contributed by atoms with van der Waals surface area (Å²) in [5.74, 6) is -2.15. The average Bonchev–Trinajstić information content (AvgIpc) is 3.73. The molecule has 0 saturated carbocycles. The molecule has 0 aliphatic carbocycles. The van der Waals surface area contributed by atoms with Gasteiger partial charge in [0.2, 0.25) is 13.1 Å². The number of benzene rings is 2. The standard InChI is InChI=1S/C27H29F2N8O4/c1-3-25(38)41-18-33-16-31-34(17-33)15-27(40,23-9-4-20(28)14-24(23)29)19(2)35-12-13-36(26(35)39)21-5-7-22(8-6-21)37-11-10-30-32-37/h4-11,14,16-17,19,40H,3,12-13,15,18H2,1-2H3/q+1/t19-,27-/m1/s1. The van der Waals surface area contributed by atoms with Crippen LogP contribution in [0.1, 0.15) is 25.8 Å². The first kappa shape index (κ1) is 27.8. The molecule has 0 bridgehead atoms. The van der Waals surface area contributed by atoms with Crippen molar-refractivity contribution < 1.29 is 32.8 Å². The van der Waals surface area contributed by atoms with Crippen molar-refractivity contribution >= 4 is 17.7 Å². The lowest BCUT2D eigenvalue weighted by atomic mass is 9.85. The third-order valence-corrected chi connectivity index (χ3v) is 7.14. The van der Waals surface area contributed by atoms with Gasteiger partial charge in [-0.05, 0) is 37.3 Å². The normalized spacial score (nSPS) is 15.7. The summed E-state index contributed by atoms with van der Waals surface area (Å²) in [5, 5.41) is 24.0. The second-order valence-electron chi connectivity index (χ2n) is 9.67. The van der Waals surface area contributed by atoms with Crippen molar-refractivity contribution in [1.29, 1.82) is 0 Å². The topological polar surface area (TPSA) is 122 Å². The highest BCUT2D eigenvalue weighted by Crippen LogP contribution is 2.35. The van der Waals surface area contributed by atoms with Crippen molar-refractivity contribution in [2.24, 2.45) is 0 Å². The highest BCUT2D eigenvalue weighted by molar-refractivity contribution is 5.94. The fraction of sp³-hybridized carbons (Fsp3) is 0.333. The Kier molecular flexibility index (Phi) is 7.75. The maximum absolute atomic E-state index is 15.1. The van der Waals surface area contributed by atoms with Gasteiger partial charge in [0.05, 0.1) is 24.1 Å². The van der Waals surface area contributed by atoms with Crippen molar-refractivity contribution in [2.45, 2.75) is 45.2 Å². The van der Waals surface area contributed by atoms with E-state index in [1.165, 1.54) is 32.9 Å². The average molecular weight is 568 g/mol. The molecule has 2 aromatic heterocycles. The molecule has 41 heavy (non-hydrogen) atoms. The summed E-state index contributed by atoms with van der Waals surface area (Å²) in [6.07, 6.45) is 6.35. The van der Waals surface area contributed by atoms with Crippen LogP contribution < -0.4 is 9.47 Å². The lowest BCUT2D eigenvalue weighted by Gasteiger charge is -2.38. The maximum atomic E-state index is 15.1. The van der Waals surface area contributed by atoms with Gasteiger partial charge in [-0.3, -0.25) is 9.69 Å². The molecular formula is C27H29F2N8O4+. The molecular weight excluding hydrogens is 538 g/mol. The first-order valence-electron chi connectivity index (χ1n) is 13.0. The molecule has 4 aromatic rings. The van der Waals surface area contributed by atoms with Crippen LogP contribution in [0, 0.1) is 11.6 Å². The number of rotatable bonds is 10. The van der Waals surface area contributed by atoms with E-state index < -0.39 is 29.2 Å². The molecule has 1 N–H and O–H groups in total. The van der Waals surface area contributed by atoms with Crippen LogP contribution >= 0.6 is 0 Å². The summed E-state index contributed by atoms with van der Waals surface area (Å²) in [7, 11) is 0. The minimum Gasteiger partial charge on any atom is -0.431 e. The van der Waals surface area contributed by atoms with E-state index in [-0.39, 0.29) is 37.8 Å². The summed E-state index contributed by atoms with van der Waals surface area (Å²) < 4.78 is 38.4. The van der Waals surface area contributed by atoms with Crippen LogP contribution in [-0.2, 0) is 28.4 Å². The number of esters is 1. The van der Waals surface area contributed by atoms with Crippen molar-refractivity contribution in [1.82, 2.24) is 29.7 Å². The number of hydrogen-bond donors (Lipinski definition) is 1. The van der Waals surface area contributed by atoms with Gasteiger partial charge in [0, 0.05) is 41.9 Å². The van der Waals surface area contributed by atoms with Crippen molar-refractivity contribution in [3.63, 3.8) is 0 Å². The van der Waals surface area contributed by atoms with Gasteiger partial charge in [0.15, 0.2) is 0 Å². The van der Waals surface area contributed by atoms with Gasteiger partial charge in [0.1, 0.15) is 23.8 Å². The molecule has 214 valence electrons. The first-order valence-corrected chi connectivity index (χ1v) is 13.0. The lowest BCUT2D eigenvalue weighted by Crippen LogP contribution is -2.53. The Labute approximate surface area is 234 Å². The van der Waals surface area contributed by atoms with Crippen molar-refractivity contribution in [3.8, 4) is 5.69 Å². The fourth-order valence-corrected chi connectivity index (χ4v) is 4.83. The van der Waals surface area contributed by atoms with Crippen LogP contribution in [0.2, 0.25) is 0 Å². The smallest absolute Gasteiger partial charge is 0.324 e. The first-order chi connectivity index (χ1) is 19.7. The van der Waals surface area contributed by atoms with E-state index in [4.69, 9.17) is 4.74 Å². The molecule has 3 heterocycles. The summed E-state index contributed by atoms with van der Waals surface area (Å²) in [6, 6.07) is 8.75. The molecule has 1 saturated heterocycles. The van der Waals surface area contributed by atoms with E-state index in [0.29, 0.717) is 18.3 Å². The van der Waals surface area contributed by atoms with E-state index in [1.807, 2.05) is 0 Å². The van der Waals surface area contributed by atoms with Gasteiger partial charge < -0.3 is 14.7 Å². The Morgan fingerprint density at radius 1 is 1.17 bits per heavy atom. The third kappa shape index (κ3) is 5.63. The number of urea groups is 1. The Balaban J connectivity index is 1.40. The van der Waals surface area contributed by atoms with E-state index in [9.17, 15) is 19.1 Å². The number of nitrogens with zero attached hydrogens (tertiary/aromatic N) is 8. The molecule has 1 aliphatic rings. The van der Waals surface area contributed by atoms with Gasteiger partial charge in [0.25, 0.3) is 6.33 Å². The highest BCUT2D eigenvalue weighted by atomic mass is 19.1. The molecule has 2 atom stereocenters. The fourth-order valence-electron chi connectivity index (χ4n) is 4.83. The summed E-state index contributed by atoms with van der Waals surface area (Å²) >= 11 is 0. The predicted octanol–water partition coefficient (Wildman–Crippen LogP) is 2.16. The molecule has 2 amide bonds. The highest BCUT2D eigenvalue weighted by Gasteiger charge is 2.47. The van der Waals surface area contributed by atoms with Crippen LogP contribution in [0.3, 0.4) is 0 Å². The Morgan fingerprint density at radius 2 is 1.93 bits per heavy atom. The SMILES string of the molecule is CCC(=O)OC[n+]1cnn(C[C@](O)(c2ccc(F)cc2F)[C@@H](C)N2CCN(c3ccc(-n4ccnn4)cc3)C2=O)c1. The number of aromatic nitrogens is 6. The van der Waals surface area contributed by atoms with E-state index in [1.54, 1.807) is 60.1 Å². The number of halogens is 2. The molecule has 14 heteroatoms. The van der Waals surface area contributed by atoms with Crippen LogP contribution in [-0.4, -0.2) is 65.9 Å². The Bertz CT molecular complexity index is 1530. The number of carbonyl (C=O) groups excluding carboxylic acids is 2. The second kappa shape index (κ2) is 11.4. The largest absolute Gasteiger partial charge is 0.431 e. The number of carbonyl (C=O) groups is 2. The molecule has 0 spiro atoms.